The minimum absolute atomic E-state index is 0.0309. The van der Waals surface area contributed by atoms with Gasteiger partial charge < -0.3 is 25.7 Å². The van der Waals surface area contributed by atoms with Gasteiger partial charge in [0.25, 0.3) is 0 Å². The number of carbonyl (C=O) groups excluding carboxylic acids is 1. The largest absolute Gasteiger partial charge is 0.497 e. The van der Waals surface area contributed by atoms with Crippen LogP contribution < -0.4 is 11.5 Å². The van der Waals surface area contributed by atoms with Gasteiger partial charge in [-0.25, -0.2) is 0 Å². The standard InChI is InChI=1S/C25H30N2O4/c1-5-14-6-7-15(16-8-9-19(26)20(27)11-16)10-18(14)22-23(28)21-12-17(13-29-3)25(2,31-21)24(22)30-4/h6-11,17,21H,5,12-13,26-27H2,1-4H3/t17?,21-,25+/m0/s1. The first kappa shape index (κ1) is 21.4. The zero-order valence-electron chi connectivity index (χ0n) is 18.5. The summed E-state index contributed by atoms with van der Waals surface area (Å²) in [4.78, 5) is 13.5. The first-order chi connectivity index (χ1) is 14.8. The molecule has 4 N–H and O–H groups in total. The molecule has 6 nitrogen and oxygen atoms in total. The van der Waals surface area contributed by atoms with Crippen LogP contribution in [0.3, 0.4) is 0 Å². The zero-order valence-corrected chi connectivity index (χ0v) is 18.5. The predicted molar refractivity (Wildman–Crippen MR) is 122 cm³/mol. The van der Waals surface area contributed by atoms with E-state index in [4.69, 9.17) is 25.7 Å². The summed E-state index contributed by atoms with van der Waals surface area (Å²) in [7, 11) is 3.28. The van der Waals surface area contributed by atoms with E-state index in [1.54, 1.807) is 20.3 Å². The van der Waals surface area contributed by atoms with E-state index in [-0.39, 0.29) is 11.7 Å². The Hall–Kier alpha value is -2.83. The van der Waals surface area contributed by atoms with Gasteiger partial charge in [0.2, 0.25) is 0 Å². The molecule has 0 saturated carbocycles. The van der Waals surface area contributed by atoms with Crippen molar-refractivity contribution in [2.75, 3.05) is 32.3 Å². The van der Waals surface area contributed by atoms with Crippen LogP contribution in [0.4, 0.5) is 11.4 Å². The van der Waals surface area contributed by atoms with Gasteiger partial charge in [-0.05, 0) is 60.2 Å². The lowest BCUT2D eigenvalue weighted by Gasteiger charge is -2.36. The zero-order chi connectivity index (χ0) is 22.3. The Balaban J connectivity index is 1.91. The summed E-state index contributed by atoms with van der Waals surface area (Å²) in [6.07, 6.45) is 0.922. The van der Waals surface area contributed by atoms with Crippen molar-refractivity contribution in [1.82, 2.24) is 0 Å². The van der Waals surface area contributed by atoms with Crippen LogP contribution in [0.1, 0.15) is 31.4 Å². The molecule has 6 heteroatoms. The smallest absolute Gasteiger partial charge is 0.195 e. The highest BCUT2D eigenvalue weighted by Gasteiger charge is 2.56. The van der Waals surface area contributed by atoms with Crippen LogP contribution in [0.25, 0.3) is 16.7 Å². The van der Waals surface area contributed by atoms with Crippen molar-refractivity contribution in [2.24, 2.45) is 5.92 Å². The highest BCUT2D eigenvalue weighted by atomic mass is 16.6. The van der Waals surface area contributed by atoms with Crippen LogP contribution in [0.15, 0.2) is 42.2 Å². The average Bonchev–Trinajstić information content (AvgIpc) is 3.06. The number of carbonyl (C=O) groups is 1. The number of Topliss-reactive ketones (excluding diaryl/α,β-unsaturated/α-hetero) is 1. The third kappa shape index (κ3) is 3.40. The number of hydrogen-bond acceptors (Lipinski definition) is 6. The molecule has 3 atom stereocenters. The van der Waals surface area contributed by atoms with Gasteiger partial charge in [0.05, 0.1) is 30.7 Å². The number of ketones is 1. The molecule has 1 saturated heterocycles. The number of nitrogen functional groups attached to an aromatic ring is 2. The molecule has 0 spiro atoms. The Morgan fingerprint density at radius 1 is 1.10 bits per heavy atom. The molecular formula is C25H30N2O4. The third-order valence-electron chi connectivity index (χ3n) is 6.63. The van der Waals surface area contributed by atoms with Gasteiger partial charge in [-0.1, -0.05) is 25.1 Å². The van der Waals surface area contributed by atoms with Crippen molar-refractivity contribution >= 4 is 22.7 Å². The van der Waals surface area contributed by atoms with Crippen LogP contribution in [-0.4, -0.2) is 38.3 Å². The maximum Gasteiger partial charge on any atom is 0.195 e. The topological polar surface area (TPSA) is 96.8 Å². The molecule has 4 rings (SSSR count). The number of methoxy groups -OCH3 is 2. The van der Waals surface area contributed by atoms with E-state index in [0.717, 1.165) is 28.7 Å². The van der Waals surface area contributed by atoms with Gasteiger partial charge >= 0.3 is 0 Å². The first-order valence-corrected chi connectivity index (χ1v) is 10.6. The van der Waals surface area contributed by atoms with Crippen LogP contribution in [0, 0.1) is 5.92 Å². The van der Waals surface area contributed by atoms with Gasteiger partial charge in [-0.15, -0.1) is 0 Å². The highest BCUT2D eigenvalue weighted by molar-refractivity contribution is 6.25. The molecule has 1 unspecified atom stereocenters. The molecule has 2 heterocycles. The van der Waals surface area contributed by atoms with Crippen molar-refractivity contribution in [3.8, 4) is 11.1 Å². The van der Waals surface area contributed by atoms with Gasteiger partial charge in [-0.3, -0.25) is 4.79 Å². The molecule has 1 fully saturated rings. The summed E-state index contributed by atoms with van der Waals surface area (Å²) in [6, 6.07) is 11.8. The summed E-state index contributed by atoms with van der Waals surface area (Å²) in [6.45, 7) is 4.59. The summed E-state index contributed by atoms with van der Waals surface area (Å²) < 4.78 is 17.5. The maximum absolute atomic E-state index is 13.5. The average molecular weight is 423 g/mol. The molecule has 0 radical (unpaired) electrons. The first-order valence-electron chi connectivity index (χ1n) is 10.6. The number of aryl methyl sites for hydroxylation is 1. The summed E-state index contributed by atoms with van der Waals surface area (Å²) in [5.41, 5.74) is 16.8. The molecule has 31 heavy (non-hydrogen) atoms. The number of rotatable bonds is 6. The Labute approximate surface area is 183 Å². The summed E-state index contributed by atoms with van der Waals surface area (Å²) in [5, 5.41) is 0. The van der Waals surface area contributed by atoms with E-state index >= 15 is 0 Å². The highest BCUT2D eigenvalue weighted by Crippen LogP contribution is 2.50. The van der Waals surface area contributed by atoms with Crippen LogP contribution in [0.2, 0.25) is 0 Å². The number of ether oxygens (including phenoxy) is 3. The molecule has 2 bridgehead atoms. The van der Waals surface area contributed by atoms with Crippen LogP contribution >= 0.6 is 0 Å². The van der Waals surface area contributed by atoms with Gasteiger partial charge in [-0.2, -0.15) is 0 Å². The third-order valence-corrected chi connectivity index (χ3v) is 6.63. The predicted octanol–water partition coefficient (Wildman–Crippen LogP) is 3.83. The maximum atomic E-state index is 13.5. The Kier molecular flexibility index (Phi) is 5.54. The second-order valence-corrected chi connectivity index (χ2v) is 8.44. The van der Waals surface area contributed by atoms with Crippen molar-refractivity contribution in [2.45, 2.75) is 38.4 Å². The molecule has 2 aliphatic rings. The molecule has 0 aliphatic carbocycles. The molecule has 2 aromatic carbocycles. The number of benzene rings is 2. The normalized spacial score (nSPS) is 25.2. The van der Waals surface area contributed by atoms with E-state index in [1.807, 2.05) is 25.1 Å². The van der Waals surface area contributed by atoms with E-state index in [0.29, 0.717) is 35.7 Å². The van der Waals surface area contributed by atoms with Crippen molar-refractivity contribution in [3.05, 3.63) is 53.3 Å². The van der Waals surface area contributed by atoms with E-state index in [2.05, 4.69) is 19.1 Å². The summed E-state index contributed by atoms with van der Waals surface area (Å²) in [5.74, 6) is 0.595. The lowest BCUT2D eigenvalue weighted by Crippen LogP contribution is -2.42. The Morgan fingerprint density at radius 3 is 2.45 bits per heavy atom. The Morgan fingerprint density at radius 2 is 1.81 bits per heavy atom. The monoisotopic (exact) mass is 422 g/mol. The quantitative estimate of drug-likeness (QED) is 0.687. The molecule has 0 amide bonds. The van der Waals surface area contributed by atoms with Crippen molar-refractivity contribution in [3.63, 3.8) is 0 Å². The number of fused-ring (bicyclic) bond motifs is 2. The summed E-state index contributed by atoms with van der Waals surface area (Å²) >= 11 is 0. The van der Waals surface area contributed by atoms with Crippen molar-refractivity contribution in [1.29, 1.82) is 0 Å². The minimum atomic E-state index is -0.703. The van der Waals surface area contributed by atoms with E-state index < -0.39 is 11.7 Å². The minimum Gasteiger partial charge on any atom is -0.497 e. The lowest BCUT2D eigenvalue weighted by molar-refractivity contribution is -0.133. The molecule has 2 aromatic rings. The van der Waals surface area contributed by atoms with Gasteiger partial charge in [0, 0.05) is 13.0 Å². The number of hydrogen-bond donors (Lipinski definition) is 2. The lowest BCUT2D eigenvalue weighted by atomic mass is 9.84. The fourth-order valence-corrected chi connectivity index (χ4v) is 4.88. The number of anilines is 2. The van der Waals surface area contributed by atoms with Crippen LogP contribution in [0.5, 0.6) is 0 Å². The second-order valence-electron chi connectivity index (χ2n) is 8.44. The van der Waals surface area contributed by atoms with Gasteiger partial charge in [0.15, 0.2) is 5.78 Å². The van der Waals surface area contributed by atoms with E-state index in [1.165, 1.54) is 0 Å². The molecule has 164 valence electrons. The molecule has 2 aliphatic heterocycles. The molecular weight excluding hydrogens is 392 g/mol. The van der Waals surface area contributed by atoms with Crippen LogP contribution in [-0.2, 0) is 25.4 Å². The number of nitrogens with two attached hydrogens (primary N) is 2. The van der Waals surface area contributed by atoms with E-state index in [9.17, 15) is 4.79 Å². The van der Waals surface area contributed by atoms with Gasteiger partial charge in [0.1, 0.15) is 17.5 Å². The molecule has 0 aromatic heterocycles. The fraction of sp³-hybridized carbons (Fsp3) is 0.400. The Bertz CT molecular complexity index is 1060. The SMILES string of the molecule is CCc1ccc(-c2ccc(N)c(N)c2)cc1C1=C(OC)[C@]2(C)O[C@@H](CC2COC)C1=O. The van der Waals surface area contributed by atoms with Crippen molar-refractivity contribution < 1.29 is 19.0 Å². The fourth-order valence-electron chi connectivity index (χ4n) is 4.88. The second kappa shape index (κ2) is 8.02.